The van der Waals surface area contributed by atoms with Gasteiger partial charge in [-0.05, 0) is 50.2 Å². The van der Waals surface area contributed by atoms with E-state index in [2.05, 4.69) is 58.0 Å². The third kappa shape index (κ3) is 4.38. The maximum absolute atomic E-state index is 2.35. The topological polar surface area (TPSA) is 0 Å². The molecule has 1 atom stereocenters. The lowest BCUT2D eigenvalue weighted by Crippen LogP contribution is -2.00. The van der Waals surface area contributed by atoms with Crippen LogP contribution in [0.3, 0.4) is 0 Å². The first-order valence-electron chi connectivity index (χ1n) is 6.91. The number of hydrogen-bond acceptors (Lipinski definition) is 0. The van der Waals surface area contributed by atoms with E-state index in [4.69, 9.17) is 0 Å². The van der Waals surface area contributed by atoms with E-state index >= 15 is 0 Å². The molecule has 0 heterocycles. The summed E-state index contributed by atoms with van der Waals surface area (Å²) < 4.78 is 0. The van der Waals surface area contributed by atoms with Crippen molar-refractivity contribution in [2.24, 2.45) is 0 Å². The molecule has 1 aromatic carbocycles. The minimum atomic E-state index is 0.698. The van der Waals surface area contributed by atoms with Crippen molar-refractivity contribution in [1.82, 2.24) is 0 Å². The predicted octanol–water partition coefficient (Wildman–Crippen LogP) is 5.54. The lowest BCUT2D eigenvalue weighted by atomic mass is 9.87. The second kappa shape index (κ2) is 7.32. The van der Waals surface area contributed by atoms with Gasteiger partial charge in [0.05, 0.1) is 0 Å². The minimum Gasteiger partial charge on any atom is -0.0888 e. The fraction of sp³-hybridized carbons (Fsp3) is 0.529. The van der Waals surface area contributed by atoms with Gasteiger partial charge in [0.15, 0.2) is 0 Å². The third-order valence-corrected chi connectivity index (χ3v) is 3.33. The molecule has 0 fully saturated rings. The van der Waals surface area contributed by atoms with Crippen molar-refractivity contribution in [1.29, 1.82) is 0 Å². The summed E-state index contributed by atoms with van der Waals surface area (Å²) in [7, 11) is 0. The Balaban J connectivity index is 2.84. The molecular weight excluding hydrogens is 204 g/mol. The summed E-state index contributed by atoms with van der Waals surface area (Å²) in [6.45, 7) is 8.89. The van der Waals surface area contributed by atoms with Crippen LogP contribution in [-0.4, -0.2) is 0 Å². The highest BCUT2D eigenvalue weighted by molar-refractivity contribution is 5.33. The Morgan fingerprint density at radius 3 is 2.47 bits per heavy atom. The first-order valence-corrected chi connectivity index (χ1v) is 6.91. The molecule has 0 N–H and O–H groups in total. The Kier molecular flexibility index (Phi) is 6.04. The summed E-state index contributed by atoms with van der Waals surface area (Å²) in [5, 5.41) is 0. The maximum atomic E-state index is 2.35. The van der Waals surface area contributed by atoms with Gasteiger partial charge in [-0.1, -0.05) is 56.2 Å². The molecule has 0 aliphatic heterocycles. The van der Waals surface area contributed by atoms with Gasteiger partial charge in [0.25, 0.3) is 0 Å². The quantitative estimate of drug-likeness (QED) is 0.562. The Labute approximate surface area is 107 Å². The lowest BCUT2D eigenvalue weighted by Gasteiger charge is -2.17. The Morgan fingerprint density at radius 2 is 1.88 bits per heavy atom. The van der Waals surface area contributed by atoms with Crippen LogP contribution in [0.4, 0.5) is 0 Å². The molecule has 94 valence electrons. The zero-order chi connectivity index (χ0) is 12.7. The summed E-state index contributed by atoms with van der Waals surface area (Å²) in [5.41, 5.74) is 4.36. The summed E-state index contributed by atoms with van der Waals surface area (Å²) >= 11 is 0. The van der Waals surface area contributed by atoms with Crippen LogP contribution in [0.5, 0.6) is 0 Å². The molecule has 1 aromatic rings. The molecule has 0 amide bonds. The first-order chi connectivity index (χ1) is 8.19. The molecule has 0 aliphatic rings. The molecule has 0 saturated carbocycles. The minimum absolute atomic E-state index is 0.698. The van der Waals surface area contributed by atoms with Gasteiger partial charge in [-0.2, -0.15) is 0 Å². The van der Waals surface area contributed by atoms with Crippen molar-refractivity contribution < 1.29 is 0 Å². The molecule has 1 rings (SSSR count). The van der Waals surface area contributed by atoms with E-state index in [1.807, 2.05) is 0 Å². The second-order valence-corrected chi connectivity index (χ2v) is 4.96. The monoisotopic (exact) mass is 230 g/mol. The number of hydrogen-bond donors (Lipinski definition) is 0. The molecule has 17 heavy (non-hydrogen) atoms. The van der Waals surface area contributed by atoms with Gasteiger partial charge in [0.2, 0.25) is 0 Å². The van der Waals surface area contributed by atoms with Gasteiger partial charge in [-0.3, -0.25) is 0 Å². The number of aryl methyl sites for hydroxylation is 2. The SMILES string of the molecule is CC/C=C\CC(CCC)c1ccc(C)cc1C. The van der Waals surface area contributed by atoms with E-state index in [0.717, 1.165) is 6.42 Å². The van der Waals surface area contributed by atoms with E-state index in [1.54, 1.807) is 5.56 Å². The molecule has 1 unspecified atom stereocenters. The lowest BCUT2D eigenvalue weighted by molar-refractivity contribution is 0.617. The Morgan fingerprint density at radius 1 is 1.12 bits per heavy atom. The van der Waals surface area contributed by atoms with E-state index < -0.39 is 0 Å². The molecule has 0 saturated heterocycles. The number of rotatable bonds is 6. The van der Waals surface area contributed by atoms with E-state index in [9.17, 15) is 0 Å². The van der Waals surface area contributed by atoms with Crippen molar-refractivity contribution in [3.63, 3.8) is 0 Å². The average Bonchev–Trinajstić information content (AvgIpc) is 2.28. The Bertz CT molecular complexity index is 360. The van der Waals surface area contributed by atoms with Gasteiger partial charge in [0, 0.05) is 0 Å². The fourth-order valence-electron chi connectivity index (χ4n) is 2.46. The third-order valence-electron chi connectivity index (χ3n) is 3.33. The van der Waals surface area contributed by atoms with Gasteiger partial charge < -0.3 is 0 Å². The van der Waals surface area contributed by atoms with Crippen molar-refractivity contribution in [3.05, 3.63) is 47.0 Å². The predicted molar refractivity (Wildman–Crippen MR) is 77.6 cm³/mol. The van der Waals surface area contributed by atoms with Crippen LogP contribution in [0, 0.1) is 13.8 Å². The van der Waals surface area contributed by atoms with Gasteiger partial charge in [-0.15, -0.1) is 0 Å². The smallest absolute Gasteiger partial charge is 0.0125 e. The van der Waals surface area contributed by atoms with Crippen molar-refractivity contribution in [2.45, 2.75) is 59.3 Å². The highest BCUT2D eigenvalue weighted by Crippen LogP contribution is 2.28. The van der Waals surface area contributed by atoms with E-state index in [0.29, 0.717) is 5.92 Å². The summed E-state index contributed by atoms with van der Waals surface area (Å²) in [6, 6.07) is 6.88. The van der Waals surface area contributed by atoms with Crippen molar-refractivity contribution in [2.75, 3.05) is 0 Å². The molecular formula is C17H26. The average molecular weight is 230 g/mol. The molecule has 0 radical (unpaired) electrons. The zero-order valence-corrected chi connectivity index (χ0v) is 11.8. The summed E-state index contributed by atoms with van der Waals surface area (Å²) in [5.74, 6) is 0.698. The number of benzene rings is 1. The van der Waals surface area contributed by atoms with Crippen LogP contribution in [0.2, 0.25) is 0 Å². The van der Waals surface area contributed by atoms with Crippen LogP contribution in [0.15, 0.2) is 30.4 Å². The second-order valence-electron chi connectivity index (χ2n) is 4.96. The highest BCUT2D eigenvalue weighted by Gasteiger charge is 2.11. The van der Waals surface area contributed by atoms with Crippen LogP contribution in [-0.2, 0) is 0 Å². The van der Waals surface area contributed by atoms with Crippen LogP contribution < -0.4 is 0 Å². The molecule has 0 spiro atoms. The van der Waals surface area contributed by atoms with Gasteiger partial charge in [-0.25, -0.2) is 0 Å². The highest BCUT2D eigenvalue weighted by atomic mass is 14.2. The Hall–Kier alpha value is -1.04. The van der Waals surface area contributed by atoms with Gasteiger partial charge in [0.1, 0.15) is 0 Å². The standard InChI is InChI=1S/C17H26/c1-5-7-8-10-16(9-6-2)17-12-11-14(3)13-15(17)4/h7-8,11-13,16H,5-6,9-10H2,1-4H3/b8-7-. The van der Waals surface area contributed by atoms with Crippen molar-refractivity contribution in [3.8, 4) is 0 Å². The van der Waals surface area contributed by atoms with Crippen LogP contribution >= 0.6 is 0 Å². The van der Waals surface area contributed by atoms with E-state index in [-0.39, 0.29) is 0 Å². The van der Waals surface area contributed by atoms with Gasteiger partial charge >= 0.3 is 0 Å². The van der Waals surface area contributed by atoms with E-state index in [1.165, 1.54) is 30.4 Å². The largest absolute Gasteiger partial charge is 0.0888 e. The summed E-state index contributed by atoms with van der Waals surface area (Å²) in [6.07, 6.45) is 9.51. The molecule has 0 aliphatic carbocycles. The maximum Gasteiger partial charge on any atom is -0.0125 e. The van der Waals surface area contributed by atoms with Crippen LogP contribution in [0.25, 0.3) is 0 Å². The normalized spacial score (nSPS) is 13.2. The zero-order valence-electron chi connectivity index (χ0n) is 11.8. The molecule has 0 nitrogen and oxygen atoms in total. The first kappa shape index (κ1) is 14.0. The molecule has 0 bridgehead atoms. The molecule has 0 aromatic heterocycles. The van der Waals surface area contributed by atoms with Crippen LogP contribution in [0.1, 0.15) is 62.1 Å². The fourth-order valence-corrected chi connectivity index (χ4v) is 2.46. The molecule has 0 heteroatoms. The number of allylic oxidation sites excluding steroid dienone is 2. The summed E-state index contributed by atoms with van der Waals surface area (Å²) in [4.78, 5) is 0. The van der Waals surface area contributed by atoms with Crippen molar-refractivity contribution >= 4 is 0 Å².